The van der Waals surface area contributed by atoms with Crippen LogP contribution in [0.15, 0.2) is 48.8 Å². The van der Waals surface area contributed by atoms with E-state index in [1.165, 1.54) is 5.56 Å². The Morgan fingerprint density at radius 1 is 1.13 bits per heavy atom. The lowest BCUT2D eigenvalue weighted by Crippen LogP contribution is -2.40. The zero-order chi connectivity index (χ0) is 20.3. The molecule has 0 bridgehead atoms. The van der Waals surface area contributed by atoms with Gasteiger partial charge in [-0.3, -0.25) is 4.79 Å². The molecule has 3 heterocycles. The molecule has 0 spiro atoms. The van der Waals surface area contributed by atoms with E-state index in [0.717, 1.165) is 73.4 Å². The van der Waals surface area contributed by atoms with Gasteiger partial charge in [0.2, 0.25) is 5.91 Å². The van der Waals surface area contributed by atoms with Crippen LogP contribution in [-0.4, -0.2) is 35.6 Å². The summed E-state index contributed by atoms with van der Waals surface area (Å²) in [7, 11) is 0. The number of rotatable bonds is 4. The first-order valence-corrected chi connectivity index (χ1v) is 10.7. The predicted octanol–water partition coefficient (Wildman–Crippen LogP) is 3.49. The zero-order valence-corrected chi connectivity index (χ0v) is 17.0. The van der Waals surface area contributed by atoms with Gasteiger partial charge in [-0.25, -0.2) is 9.97 Å². The second kappa shape index (κ2) is 8.30. The molecule has 1 fully saturated rings. The van der Waals surface area contributed by atoms with E-state index in [9.17, 15) is 4.79 Å². The molecule has 5 rings (SSSR count). The molecule has 6 nitrogen and oxygen atoms in total. The van der Waals surface area contributed by atoms with Crippen molar-refractivity contribution in [1.29, 1.82) is 0 Å². The SMILES string of the molecule is O=C(NCc1ccc2c(c1)CCCO2)C1CCN(c2ncnc3ccccc23)CC1. The molecule has 3 aromatic rings. The summed E-state index contributed by atoms with van der Waals surface area (Å²) in [5.74, 6) is 2.16. The molecule has 1 saturated heterocycles. The monoisotopic (exact) mass is 402 g/mol. The fourth-order valence-electron chi connectivity index (χ4n) is 4.45. The molecule has 0 atom stereocenters. The lowest BCUT2D eigenvalue weighted by atomic mass is 9.95. The molecular formula is C24H26N4O2. The lowest BCUT2D eigenvalue weighted by molar-refractivity contribution is -0.125. The fraction of sp³-hybridized carbons (Fsp3) is 0.375. The minimum atomic E-state index is 0.0512. The maximum absolute atomic E-state index is 12.7. The number of benzene rings is 2. The van der Waals surface area contributed by atoms with Crippen LogP contribution in [0.4, 0.5) is 5.82 Å². The third-order valence-corrected chi connectivity index (χ3v) is 6.13. The third-order valence-electron chi connectivity index (χ3n) is 6.13. The highest BCUT2D eigenvalue weighted by atomic mass is 16.5. The minimum absolute atomic E-state index is 0.0512. The molecule has 0 radical (unpaired) electrons. The highest BCUT2D eigenvalue weighted by molar-refractivity contribution is 5.89. The molecule has 0 saturated carbocycles. The van der Waals surface area contributed by atoms with Crippen LogP contribution in [0, 0.1) is 5.92 Å². The molecule has 6 heteroatoms. The van der Waals surface area contributed by atoms with Crippen LogP contribution in [0.1, 0.15) is 30.4 Å². The van der Waals surface area contributed by atoms with E-state index in [1.54, 1.807) is 6.33 Å². The predicted molar refractivity (Wildman–Crippen MR) is 117 cm³/mol. The van der Waals surface area contributed by atoms with E-state index < -0.39 is 0 Å². The second-order valence-corrected chi connectivity index (χ2v) is 8.09. The van der Waals surface area contributed by atoms with Crippen LogP contribution in [-0.2, 0) is 17.8 Å². The maximum Gasteiger partial charge on any atom is 0.223 e. The number of nitrogens with zero attached hydrogens (tertiary/aromatic N) is 3. The van der Waals surface area contributed by atoms with Crippen molar-refractivity contribution in [3.05, 3.63) is 59.9 Å². The molecule has 1 N–H and O–H groups in total. The number of carbonyl (C=O) groups excluding carboxylic acids is 1. The number of hydrogen-bond donors (Lipinski definition) is 1. The van der Waals surface area contributed by atoms with E-state index in [2.05, 4.69) is 32.3 Å². The van der Waals surface area contributed by atoms with Gasteiger partial charge in [0.05, 0.1) is 12.1 Å². The summed E-state index contributed by atoms with van der Waals surface area (Å²) in [5.41, 5.74) is 3.34. The second-order valence-electron chi connectivity index (χ2n) is 8.09. The normalized spacial score (nSPS) is 16.7. The molecule has 0 aliphatic carbocycles. The Labute approximate surface area is 176 Å². The van der Waals surface area contributed by atoms with Gasteiger partial charge in [0.25, 0.3) is 0 Å². The van der Waals surface area contributed by atoms with Gasteiger partial charge in [0.1, 0.15) is 17.9 Å². The Hall–Kier alpha value is -3.15. The van der Waals surface area contributed by atoms with Gasteiger partial charge in [-0.05, 0) is 55.0 Å². The summed E-state index contributed by atoms with van der Waals surface area (Å²) in [4.78, 5) is 23.9. The number of fused-ring (bicyclic) bond motifs is 2. The van der Waals surface area contributed by atoms with E-state index in [0.29, 0.717) is 6.54 Å². The molecule has 2 aromatic carbocycles. The van der Waals surface area contributed by atoms with E-state index in [4.69, 9.17) is 4.74 Å². The van der Waals surface area contributed by atoms with Gasteiger partial charge in [-0.15, -0.1) is 0 Å². The van der Waals surface area contributed by atoms with Crippen molar-refractivity contribution in [3.63, 3.8) is 0 Å². The zero-order valence-electron chi connectivity index (χ0n) is 17.0. The van der Waals surface area contributed by atoms with Gasteiger partial charge < -0.3 is 15.0 Å². The number of aryl methyl sites for hydroxylation is 1. The Bertz CT molecular complexity index is 1050. The van der Waals surface area contributed by atoms with Gasteiger partial charge in [0, 0.05) is 30.9 Å². The Balaban J connectivity index is 1.18. The summed E-state index contributed by atoms with van der Waals surface area (Å²) >= 11 is 0. The number of piperidine rings is 1. The number of aromatic nitrogens is 2. The smallest absolute Gasteiger partial charge is 0.223 e. The van der Waals surface area contributed by atoms with E-state index in [-0.39, 0.29) is 11.8 Å². The number of para-hydroxylation sites is 1. The minimum Gasteiger partial charge on any atom is -0.493 e. The number of hydrogen-bond acceptors (Lipinski definition) is 5. The lowest BCUT2D eigenvalue weighted by Gasteiger charge is -2.32. The van der Waals surface area contributed by atoms with E-state index >= 15 is 0 Å². The molecule has 2 aliphatic heterocycles. The van der Waals surface area contributed by atoms with Crippen molar-refractivity contribution < 1.29 is 9.53 Å². The fourth-order valence-corrected chi connectivity index (χ4v) is 4.45. The topological polar surface area (TPSA) is 67.3 Å². The Morgan fingerprint density at radius 3 is 2.90 bits per heavy atom. The molecule has 2 aliphatic rings. The standard InChI is InChI=1S/C24H26N4O2/c29-24(25-15-17-7-8-22-19(14-17)4-3-13-30-22)18-9-11-28(12-10-18)23-20-5-1-2-6-21(20)26-16-27-23/h1-2,5-8,14,16,18H,3-4,9-13,15H2,(H,25,29). The first-order chi connectivity index (χ1) is 14.8. The van der Waals surface area contributed by atoms with Gasteiger partial charge in [-0.2, -0.15) is 0 Å². The largest absolute Gasteiger partial charge is 0.493 e. The molecule has 1 amide bonds. The molecule has 0 unspecified atom stereocenters. The van der Waals surface area contributed by atoms with Gasteiger partial charge in [-0.1, -0.05) is 24.3 Å². The third kappa shape index (κ3) is 3.82. The van der Waals surface area contributed by atoms with E-state index in [1.807, 2.05) is 30.3 Å². The van der Waals surface area contributed by atoms with Gasteiger partial charge in [0.15, 0.2) is 0 Å². The number of carbonyl (C=O) groups is 1. The summed E-state index contributed by atoms with van der Waals surface area (Å²) < 4.78 is 5.67. The number of nitrogens with one attached hydrogen (secondary N) is 1. The molecular weight excluding hydrogens is 376 g/mol. The quantitative estimate of drug-likeness (QED) is 0.724. The van der Waals surface area contributed by atoms with Crippen LogP contribution in [0.2, 0.25) is 0 Å². The summed E-state index contributed by atoms with van der Waals surface area (Å²) in [6.45, 7) is 3.03. The van der Waals surface area contributed by atoms with Crippen molar-refractivity contribution in [2.75, 3.05) is 24.6 Å². The van der Waals surface area contributed by atoms with Crippen molar-refractivity contribution in [1.82, 2.24) is 15.3 Å². The van der Waals surface area contributed by atoms with Crippen molar-refractivity contribution in [2.45, 2.75) is 32.2 Å². The van der Waals surface area contributed by atoms with Crippen LogP contribution >= 0.6 is 0 Å². The average molecular weight is 402 g/mol. The first-order valence-electron chi connectivity index (χ1n) is 10.7. The van der Waals surface area contributed by atoms with Gasteiger partial charge >= 0.3 is 0 Å². The maximum atomic E-state index is 12.7. The highest BCUT2D eigenvalue weighted by Crippen LogP contribution is 2.28. The number of ether oxygens (including phenoxy) is 1. The Kier molecular flexibility index (Phi) is 5.22. The van der Waals surface area contributed by atoms with Crippen LogP contribution in [0.3, 0.4) is 0 Å². The first kappa shape index (κ1) is 18.9. The summed E-state index contributed by atoms with van der Waals surface area (Å²) in [6, 6.07) is 14.3. The van der Waals surface area contributed by atoms with Crippen LogP contribution in [0.5, 0.6) is 5.75 Å². The number of amides is 1. The Morgan fingerprint density at radius 2 is 2.00 bits per heavy atom. The number of anilines is 1. The summed E-state index contributed by atoms with van der Waals surface area (Å²) in [5, 5.41) is 4.20. The average Bonchev–Trinajstić information content (AvgIpc) is 2.82. The molecule has 154 valence electrons. The highest BCUT2D eigenvalue weighted by Gasteiger charge is 2.26. The summed E-state index contributed by atoms with van der Waals surface area (Å²) in [6.07, 6.45) is 5.40. The van der Waals surface area contributed by atoms with Crippen LogP contribution in [0.25, 0.3) is 10.9 Å². The molecule has 1 aromatic heterocycles. The van der Waals surface area contributed by atoms with Crippen molar-refractivity contribution >= 4 is 22.6 Å². The van der Waals surface area contributed by atoms with Crippen molar-refractivity contribution in [2.24, 2.45) is 5.92 Å². The van der Waals surface area contributed by atoms with Crippen molar-refractivity contribution in [3.8, 4) is 5.75 Å². The van der Waals surface area contributed by atoms with Crippen LogP contribution < -0.4 is 15.0 Å². The molecule has 30 heavy (non-hydrogen) atoms.